The molecule has 2 atom stereocenters. The molecular weight excluding hydrogens is 620 g/mol. The molecule has 0 saturated heterocycles. The smallest absolute Gasteiger partial charge is 0.159 e. The van der Waals surface area contributed by atoms with Gasteiger partial charge in [0.2, 0.25) is 0 Å². The quantitative estimate of drug-likeness (QED) is 0.136. The highest BCUT2D eigenvalue weighted by atomic mass is 19.2. The summed E-state index contributed by atoms with van der Waals surface area (Å²) in [7, 11) is 0. The summed E-state index contributed by atoms with van der Waals surface area (Å²) < 4.78 is 64.5. The highest BCUT2D eigenvalue weighted by molar-refractivity contribution is 5.37. The highest BCUT2D eigenvalue weighted by Crippen LogP contribution is 2.42. The van der Waals surface area contributed by atoms with Crippen LogP contribution >= 0.6 is 0 Å². The van der Waals surface area contributed by atoms with E-state index in [4.69, 9.17) is 4.74 Å². The zero-order valence-electron chi connectivity index (χ0n) is 29.0. The number of halogens is 4. The van der Waals surface area contributed by atoms with Crippen LogP contribution in [0.2, 0.25) is 0 Å². The lowest BCUT2D eigenvalue weighted by Crippen LogP contribution is -2.16. The summed E-state index contributed by atoms with van der Waals surface area (Å²) >= 11 is 0. The number of benzene rings is 4. The Hall–Kier alpha value is -3.44. The topological polar surface area (TPSA) is 9.23 Å². The minimum absolute atomic E-state index is 0.444. The Bertz CT molecular complexity index is 1510. The summed E-state index contributed by atoms with van der Waals surface area (Å²) in [6, 6.07) is 24.2. The highest BCUT2D eigenvalue weighted by Gasteiger charge is 2.28. The third-order valence-corrected chi connectivity index (χ3v) is 11.3. The Kier molecular flexibility index (Phi) is 11.9. The molecule has 49 heavy (non-hydrogen) atoms. The van der Waals surface area contributed by atoms with Gasteiger partial charge in [-0.3, -0.25) is 0 Å². The van der Waals surface area contributed by atoms with Crippen LogP contribution in [0.4, 0.5) is 17.6 Å². The van der Waals surface area contributed by atoms with Gasteiger partial charge in [-0.15, -0.1) is 0 Å². The fourth-order valence-electron chi connectivity index (χ4n) is 8.46. The predicted octanol–water partition coefficient (Wildman–Crippen LogP) is 13.3. The molecule has 2 saturated carbocycles. The van der Waals surface area contributed by atoms with Crippen LogP contribution in [-0.2, 0) is 4.74 Å². The van der Waals surface area contributed by atoms with E-state index in [1.54, 1.807) is 0 Å². The molecule has 260 valence electrons. The number of hydrogen-bond acceptors (Lipinski definition) is 1. The minimum Gasteiger partial charge on any atom is -0.356 e. The van der Waals surface area contributed by atoms with E-state index in [9.17, 15) is 17.6 Å². The van der Waals surface area contributed by atoms with E-state index >= 15 is 0 Å². The summed E-state index contributed by atoms with van der Waals surface area (Å²) in [5, 5.41) is 0. The molecule has 2 fully saturated rings. The van der Waals surface area contributed by atoms with Crippen molar-refractivity contribution in [2.24, 2.45) is 11.8 Å². The maximum Gasteiger partial charge on any atom is 0.159 e. The van der Waals surface area contributed by atoms with Crippen LogP contribution in [0, 0.1) is 35.1 Å². The Morgan fingerprint density at radius 1 is 0.469 bits per heavy atom. The number of rotatable bonds is 12. The monoisotopic (exact) mass is 670 g/mol. The summed E-state index contributed by atoms with van der Waals surface area (Å²) in [4.78, 5) is 0. The molecule has 0 bridgehead atoms. The Morgan fingerprint density at radius 3 is 1.14 bits per heavy atom. The Morgan fingerprint density at radius 2 is 0.816 bits per heavy atom. The predicted molar refractivity (Wildman–Crippen MR) is 190 cm³/mol. The van der Waals surface area contributed by atoms with Gasteiger partial charge < -0.3 is 4.74 Å². The summed E-state index contributed by atoms with van der Waals surface area (Å²) in [5.74, 6) is -1.17. The van der Waals surface area contributed by atoms with Crippen LogP contribution in [0.3, 0.4) is 0 Å². The van der Waals surface area contributed by atoms with Crippen molar-refractivity contribution in [1.82, 2.24) is 0 Å². The first-order chi connectivity index (χ1) is 23.8. The van der Waals surface area contributed by atoms with Gasteiger partial charge in [0.25, 0.3) is 0 Å². The van der Waals surface area contributed by atoms with Crippen molar-refractivity contribution in [3.05, 3.63) is 142 Å². The first-order valence-electron chi connectivity index (χ1n) is 18.6. The van der Waals surface area contributed by atoms with Crippen molar-refractivity contribution in [2.45, 2.75) is 115 Å². The van der Waals surface area contributed by atoms with Crippen molar-refractivity contribution in [1.29, 1.82) is 0 Å². The van der Waals surface area contributed by atoms with E-state index < -0.39 is 35.5 Å². The molecule has 0 N–H and O–H groups in total. The van der Waals surface area contributed by atoms with Crippen LogP contribution in [0.5, 0.6) is 0 Å². The standard InChI is InChI=1S/C44H50F4O/c1-3-5-29-7-11-31(12-8-29)33-15-19-35(20-16-33)43(37-23-25-39(45)41(47)27-37)49-44(38-24-26-40(46)42(48)28-38)36-21-17-34(18-22-36)32-13-9-30(6-4-2)10-14-32/h15-32,43-44H,3-14H2,1-2H3. The lowest BCUT2D eigenvalue weighted by molar-refractivity contribution is 0.0304. The molecule has 2 aliphatic carbocycles. The fraction of sp³-hybridized carbons (Fsp3) is 0.455. The molecule has 6 rings (SSSR count). The zero-order valence-corrected chi connectivity index (χ0v) is 29.0. The van der Waals surface area contributed by atoms with Gasteiger partial charge in [-0.2, -0.15) is 0 Å². The zero-order chi connectivity index (χ0) is 34.3. The third kappa shape index (κ3) is 8.66. The maximum absolute atomic E-state index is 14.7. The van der Waals surface area contributed by atoms with Crippen molar-refractivity contribution in [3.63, 3.8) is 0 Å². The van der Waals surface area contributed by atoms with Gasteiger partial charge in [0.1, 0.15) is 12.2 Å². The number of hydrogen-bond donors (Lipinski definition) is 0. The normalized spacial score (nSPS) is 22.5. The van der Waals surface area contributed by atoms with E-state index in [0.717, 1.165) is 35.1 Å². The second kappa shape index (κ2) is 16.5. The molecule has 4 aromatic carbocycles. The molecule has 4 aromatic rings. The molecule has 1 nitrogen and oxygen atoms in total. The van der Waals surface area contributed by atoms with Gasteiger partial charge in [-0.05, 0) is 133 Å². The van der Waals surface area contributed by atoms with E-state index in [1.807, 2.05) is 24.3 Å². The lowest BCUT2D eigenvalue weighted by Gasteiger charge is -2.30. The van der Waals surface area contributed by atoms with Gasteiger partial charge in [-0.1, -0.05) is 100 Å². The van der Waals surface area contributed by atoms with Gasteiger partial charge in [0, 0.05) is 0 Å². The van der Waals surface area contributed by atoms with Crippen LogP contribution < -0.4 is 0 Å². The Labute approximate surface area is 290 Å². The van der Waals surface area contributed by atoms with Crippen molar-refractivity contribution >= 4 is 0 Å². The van der Waals surface area contributed by atoms with Gasteiger partial charge in [0.15, 0.2) is 23.3 Å². The average Bonchev–Trinajstić information content (AvgIpc) is 3.13. The van der Waals surface area contributed by atoms with Crippen LogP contribution in [-0.4, -0.2) is 0 Å². The van der Waals surface area contributed by atoms with E-state index in [-0.39, 0.29) is 0 Å². The van der Waals surface area contributed by atoms with E-state index in [0.29, 0.717) is 23.0 Å². The van der Waals surface area contributed by atoms with Gasteiger partial charge >= 0.3 is 0 Å². The lowest BCUT2D eigenvalue weighted by atomic mass is 9.77. The maximum atomic E-state index is 14.7. The molecule has 5 heteroatoms. The first kappa shape index (κ1) is 35.4. The average molecular weight is 671 g/mol. The van der Waals surface area contributed by atoms with Crippen molar-refractivity contribution < 1.29 is 22.3 Å². The first-order valence-corrected chi connectivity index (χ1v) is 18.6. The largest absolute Gasteiger partial charge is 0.356 e. The third-order valence-electron chi connectivity index (χ3n) is 11.3. The molecule has 0 aliphatic heterocycles. The summed E-state index contributed by atoms with van der Waals surface area (Å²) in [6.45, 7) is 4.50. The van der Waals surface area contributed by atoms with Crippen LogP contribution in [0.25, 0.3) is 0 Å². The second-order valence-electron chi connectivity index (χ2n) is 14.6. The molecule has 0 heterocycles. The van der Waals surface area contributed by atoms with Gasteiger partial charge in [0.05, 0.1) is 0 Å². The van der Waals surface area contributed by atoms with Crippen LogP contribution in [0.1, 0.15) is 148 Å². The van der Waals surface area contributed by atoms with E-state index in [1.165, 1.54) is 112 Å². The SMILES string of the molecule is CCCC1CCC(c2ccc(C(OC(c3ccc(C4CCC(CCC)CC4)cc3)c3ccc(F)c(F)c3)c3ccc(F)c(F)c3)cc2)CC1. The second-order valence-corrected chi connectivity index (χ2v) is 14.6. The molecule has 2 aliphatic rings. The van der Waals surface area contributed by atoms with E-state index in [2.05, 4.69) is 38.1 Å². The van der Waals surface area contributed by atoms with Crippen molar-refractivity contribution in [2.75, 3.05) is 0 Å². The molecule has 0 amide bonds. The molecule has 0 aromatic heterocycles. The van der Waals surface area contributed by atoms with Crippen LogP contribution in [0.15, 0.2) is 84.9 Å². The molecule has 0 radical (unpaired) electrons. The summed E-state index contributed by atoms with van der Waals surface area (Å²) in [6.07, 6.45) is 13.1. The molecular formula is C44H50F4O. The fourth-order valence-corrected chi connectivity index (χ4v) is 8.46. The van der Waals surface area contributed by atoms with Crippen molar-refractivity contribution in [3.8, 4) is 0 Å². The summed E-state index contributed by atoms with van der Waals surface area (Å²) in [5.41, 5.74) is 5.00. The number of ether oxygens (including phenoxy) is 1. The molecule has 0 spiro atoms. The van der Waals surface area contributed by atoms with Gasteiger partial charge in [-0.25, -0.2) is 17.6 Å². The molecule has 2 unspecified atom stereocenters. The Balaban J connectivity index is 1.30. The minimum atomic E-state index is -0.964.